The topological polar surface area (TPSA) is 47.6 Å². The van der Waals surface area contributed by atoms with Gasteiger partial charge in [-0.05, 0) is 33.7 Å². The normalized spacial score (nSPS) is 26.5. The molecule has 0 saturated carbocycles. The molecule has 94 valence electrons. The summed E-state index contributed by atoms with van der Waals surface area (Å²) in [5, 5.41) is 3.29. The van der Waals surface area contributed by atoms with Gasteiger partial charge in [0.25, 0.3) is 0 Å². The largest absolute Gasteiger partial charge is 0.461 e. The van der Waals surface area contributed by atoms with Crippen LogP contribution in [-0.4, -0.2) is 38.9 Å². The Morgan fingerprint density at radius 3 is 2.69 bits per heavy atom. The Bertz CT molecular complexity index is 233. The third-order valence-corrected chi connectivity index (χ3v) is 2.79. The Balaban J connectivity index is 2.52. The fourth-order valence-corrected chi connectivity index (χ4v) is 1.75. The fraction of sp³-hybridized carbons (Fsp3) is 0.917. The number of ether oxygens (including phenoxy) is 2. The quantitative estimate of drug-likeness (QED) is 0.739. The van der Waals surface area contributed by atoms with Gasteiger partial charge in [-0.25, -0.2) is 0 Å². The van der Waals surface area contributed by atoms with E-state index in [0.29, 0.717) is 6.61 Å². The van der Waals surface area contributed by atoms with Gasteiger partial charge in [0, 0.05) is 19.6 Å². The van der Waals surface area contributed by atoms with E-state index in [1.807, 2.05) is 20.8 Å². The molecule has 1 fully saturated rings. The number of hydrogen-bond acceptors (Lipinski definition) is 4. The number of hydrogen-bond donors (Lipinski definition) is 1. The van der Waals surface area contributed by atoms with Crippen molar-refractivity contribution in [1.82, 2.24) is 5.32 Å². The lowest BCUT2D eigenvalue weighted by Crippen LogP contribution is -2.45. The summed E-state index contributed by atoms with van der Waals surface area (Å²) in [6, 6.07) is 0. The second-order valence-corrected chi connectivity index (χ2v) is 5.40. The number of methoxy groups -OCH3 is 1. The first-order valence-electron chi connectivity index (χ1n) is 5.86. The van der Waals surface area contributed by atoms with Gasteiger partial charge in [0.05, 0.1) is 12.0 Å². The van der Waals surface area contributed by atoms with Crippen LogP contribution in [0, 0.1) is 11.3 Å². The summed E-state index contributed by atoms with van der Waals surface area (Å²) in [5.41, 5.74) is -0.428. The average molecular weight is 229 g/mol. The van der Waals surface area contributed by atoms with Crippen LogP contribution in [0.2, 0.25) is 0 Å². The molecule has 1 rings (SSSR count). The molecule has 0 bridgehead atoms. The van der Waals surface area contributed by atoms with Gasteiger partial charge in [-0.2, -0.15) is 0 Å². The Morgan fingerprint density at radius 2 is 2.12 bits per heavy atom. The first-order valence-corrected chi connectivity index (χ1v) is 5.86. The molecule has 0 aromatic heterocycles. The number of carbonyl (C=O) groups is 1. The molecule has 0 aliphatic carbocycles. The molecule has 0 amide bonds. The maximum Gasteiger partial charge on any atom is 0.311 e. The minimum Gasteiger partial charge on any atom is -0.461 e. The van der Waals surface area contributed by atoms with Crippen LogP contribution in [0.15, 0.2) is 0 Å². The lowest BCUT2D eigenvalue weighted by molar-refractivity contribution is -0.163. The van der Waals surface area contributed by atoms with E-state index < -0.39 is 5.41 Å². The van der Waals surface area contributed by atoms with E-state index in [-0.39, 0.29) is 18.0 Å². The lowest BCUT2D eigenvalue weighted by Gasteiger charge is -2.33. The van der Waals surface area contributed by atoms with Gasteiger partial charge in [-0.1, -0.05) is 0 Å². The fourth-order valence-electron chi connectivity index (χ4n) is 1.75. The van der Waals surface area contributed by atoms with Crippen LogP contribution in [0.5, 0.6) is 0 Å². The molecular formula is C12H23NO3. The van der Waals surface area contributed by atoms with E-state index >= 15 is 0 Å². The second-order valence-electron chi connectivity index (χ2n) is 5.40. The molecule has 0 spiro atoms. The summed E-state index contributed by atoms with van der Waals surface area (Å²) in [4.78, 5) is 11.8. The van der Waals surface area contributed by atoms with E-state index in [1.54, 1.807) is 7.11 Å². The molecule has 4 heteroatoms. The first-order chi connectivity index (χ1) is 7.45. The maximum absolute atomic E-state index is 11.8. The van der Waals surface area contributed by atoms with Gasteiger partial charge < -0.3 is 14.8 Å². The van der Waals surface area contributed by atoms with Crippen molar-refractivity contribution in [2.75, 3.05) is 26.8 Å². The van der Waals surface area contributed by atoms with Crippen LogP contribution in [0.4, 0.5) is 0 Å². The zero-order valence-electron chi connectivity index (χ0n) is 10.7. The molecule has 2 atom stereocenters. The first kappa shape index (κ1) is 13.5. The van der Waals surface area contributed by atoms with Gasteiger partial charge in [0.15, 0.2) is 0 Å². The van der Waals surface area contributed by atoms with Crippen molar-refractivity contribution in [3.63, 3.8) is 0 Å². The summed E-state index contributed by atoms with van der Waals surface area (Å²) in [6.45, 7) is 8.03. The smallest absolute Gasteiger partial charge is 0.311 e. The predicted octanol–water partition coefficient (Wildman–Crippen LogP) is 1.20. The molecule has 0 radical (unpaired) electrons. The minimum atomic E-state index is -0.428. The third-order valence-electron chi connectivity index (χ3n) is 2.79. The molecular weight excluding hydrogens is 206 g/mol. The number of carbonyl (C=O) groups excluding carboxylic acids is 1. The molecule has 1 N–H and O–H groups in total. The summed E-state index contributed by atoms with van der Waals surface area (Å²) in [6.07, 6.45) is 0.864. The molecule has 0 aromatic rings. The van der Waals surface area contributed by atoms with E-state index in [0.717, 1.165) is 19.5 Å². The maximum atomic E-state index is 11.8. The molecule has 1 aliphatic heterocycles. The van der Waals surface area contributed by atoms with E-state index in [4.69, 9.17) is 9.47 Å². The van der Waals surface area contributed by atoms with Crippen molar-refractivity contribution in [3.05, 3.63) is 0 Å². The summed E-state index contributed by atoms with van der Waals surface area (Å²) in [5.74, 6) is 0.144. The van der Waals surface area contributed by atoms with Crippen molar-refractivity contribution in [2.24, 2.45) is 11.3 Å². The molecule has 1 saturated heterocycles. The van der Waals surface area contributed by atoms with Gasteiger partial charge >= 0.3 is 5.97 Å². The van der Waals surface area contributed by atoms with Gasteiger partial charge in [-0.3, -0.25) is 4.79 Å². The Labute approximate surface area is 97.7 Å². The molecule has 4 nitrogen and oxygen atoms in total. The molecule has 2 unspecified atom stereocenters. The number of piperidine rings is 1. The van der Waals surface area contributed by atoms with Crippen molar-refractivity contribution in [2.45, 2.75) is 33.3 Å². The number of esters is 1. The lowest BCUT2D eigenvalue weighted by atomic mass is 9.94. The highest BCUT2D eigenvalue weighted by molar-refractivity contribution is 5.75. The van der Waals surface area contributed by atoms with Crippen LogP contribution >= 0.6 is 0 Å². The minimum absolute atomic E-state index is 0.00655. The van der Waals surface area contributed by atoms with Gasteiger partial charge in [0.2, 0.25) is 0 Å². The van der Waals surface area contributed by atoms with Crippen LogP contribution in [0.3, 0.4) is 0 Å². The Kier molecular flexibility index (Phi) is 4.74. The monoisotopic (exact) mass is 229 g/mol. The highest BCUT2D eigenvalue weighted by atomic mass is 16.5. The van der Waals surface area contributed by atoms with Crippen LogP contribution in [0.25, 0.3) is 0 Å². The van der Waals surface area contributed by atoms with Crippen molar-refractivity contribution in [1.29, 1.82) is 0 Å². The average Bonchev–Trinajstić information content (AvgIpc) is 2.20. The molecule has 1 heterocycles. The summed E-state index contributed by atoms with van der Waals surface area (Å²) >= 11 is 0. The molecule has 1 aliphatic rings. The molecule has 0 aromatic carbocycles. The number of nitrogens with one attached hydrogen (secondary N) is 1. The van der Waals surface area contributed by atoms with E-state index in [2.05, 4.69) is 5.32 Å². The molecule has 16 heavy (non-hydrogen) atoms. The zero-order valence-corrected chi connectivity index (χ0v) is 10.7. The standard InChI is InChI=1S/C12H23NO3/c1-12(2,3)11(14)16-10-5-6-13-7-9(10)8-15-4/h9-10,13H,5-8H2,1-4H3. The van der Waals surface area contributed by atoms with Crippen molar-refractivity contribution in [3.8, 4) is 0 Å². The Hall–Kier alpha value is -0.610. The summed E-state index contributed by atoms with van der Waals surface area (Å²) in [7, 11) is 1.68. The number of rotatable bonds is 3. The zero-order chi connectivity index (χ0) is 12.2. The van der Waals surface area contributed by atoms with Gasteiger partial charge in [0.1, 0.15) is 6.10 Å². The van der Waals surface area contributed by atoms with Gasteiger partial charge in [-0.15, -0.1) is 0 Å². The highest BCUT2D eigenvalue weighted by Gasteiger charge is 2.32. The SMILES string of the molecule is COCC1CNCCC1OC(=O)C(C)(C)C. The van der Waals surface area contributed by atoms with Crippen molar-refractivity contribution < 1.29 is 14.3 Å². The summed E-state index contributed by atoms with van der Waals surface area (Å²) < 4.78 is 10.7. The Morgan fingerprint density at radius 1 is 1.44 bits per heavy atom. The third kappa shape index (κ3) is 3.76. The van der Waals surface area contributed by atoms with Crippen LogP contribution < -0.4 is 5.32 Å². The second kappa shape index (κ2) is 5.64. The van der Waals surface area contributed by atoms with Crippen LogP contribution in [-0.2, 0) is 14.3 Å². The predicted molar refractivity (Wildman–Crippen MR) is 62.2 cm³/mol. The van der Waals surface area contributed by atoms with E-state index in [9.17, 15) is 4.79 Å². The van der Waals surface area contributed by atoms with Crippen molar-refractivity contribution >= 4 is 5.97 Å². The highest BCUT2D eigenvalue weighted by Crippen LogP contribution is 2.22. The van der Waals surface area contributed by atoms with E-state index in [1.165, 1.54) is 0 Å². The van der Waals surface area contributed by atoms with Crippen LogP contribution in [0.1, 0.15) is 27.2 Å².